The molecule has 0 saturated carbocycles. The van der Waals surface area contributed by atoms with Crippen molar-refractivity contribution in [3.05, 3.63) is 59.4 Å². The molecule has 1 N–H and O–H groups in total. The Labute approximate surface area is 195 Å². The van der Waals surface area contributed by atoms with Gasteiger partial charge in [-0.15, -0.1) is 0 Å². The van der Waals surface area contributed by atoms with Crippen LogP contribution in [0.3, 0.4) is 0 Å². The van der Waals surface area contributed by atoms with E-state index in [1.165, 1.54) is 76.7 Å². The van der Waals surface area contributed by atoms with Crippen LogP contribution in [0.25, 0.3) is 27.7 Å². The van der Waals surface area contributed by atoms with E-state index in [2.05, 4.69) is 72.3 Å². The third-order valence-electron chi connectivity index (χ3n) is 7.86. The molecule has 6 rings (SSSR count). The number of H-pyrrole nitrogens is 1. The van der Waals surface area contributed by atoms with Crippen molar-refractivity contribution in [1.82, 2.24) is 19.5 Å². The van der Waals surface area contributed by atoms with Crippen molar-refractivity contribution in [2.45, 2.75) is 57.9 Å². The largest absolute Gasteiger partial charge is 0.380 e. The summed E-state index contributed by atoms with van der Waals surface area (Å²) in [5.74, 6) is 1.08. The Morgan fingerprint density at radius 2 is 1.94 bits per heavy atom. The molecule has 0 aliphatic carbocycles. The number of benzene rings is 1. The van der Waals surface area contributed by atoms with Gasteiger partial charge < -0.3 is 9.72 Å². The van der Waals surface area contributed by atoms with E-state index in [0.29, 0.717) is 17.9 Å². The number of nitrogens with one attached hydrogen (secondary N) is 1. The number of fused-ring (bicyclic) bond motifs is 2. The number of piperidine rings is 1. The highest BCUT2D eigenvalue weighted by Crippen LogP contribution is 2.39. The SMILES string of the molecule is Cc1cc(-c2[nH]c3ccc(C4CCN(C5CCOC5)CC4)cc3c2C(C)C)cn2nccc12. The van der Waals surface area contributed by atoms with E-state index in [1.807, 2.05) is 10.7 Å². The van der Waals surface area contributed by atoms with Crippen molar-refractivity contribution in [1.29, 1.82) is 0 Å². The molecule has 5 heteroatoms. The van der Waals surface area contributed by atoms with Crippen LogP contribution in [-0.4, -0.2) is 51.8 Å². The summed E-state index contributed by atoms with van der Waals surface area (Å²) in [4.78, 5) is 6.41. The highest BCUT2D eigenvalue weighted by molar-refractivity contribution is 5.92. The van der Waals surface area contributed by atoms with E-state index in [9.17, 15) is 0 Å². The van der Waals surface area contributed by atoms with Gasteiger partial charge in [-0.3, -0.25) is 4.90 Å². The minimum atomic E-state index is 0.432. The predicted octanol–water partition coefficient (Wildman–Crippen LogP) is 5.88. The van der Waals surface area contributed by atoms with E-state index in [4.69, 9.17) is 4.74 Å². The molecule has 3 aromatic heterocycles. The number of likely N-dealkylation sites (tertiary alicyclic amines) is 1. The Hall–Kier alpha value is -2.63. The summed E-state index contributed by atoms with van der Waals surface area (Å²) in [6.07, 6.45) is 7.71. The van der Waals surface area contributed by atoms with Crippen LogP contribution < -0.4 is 0 Å². The minimum Gasteiger partial charge on any atom is -0.380 e. The summed E-state index contributed by atoms with van der Waals surface area (Å²) in [6, 6.07) is 12.1. The molecule has 2 saturated heterocycles. The van der Waals surface area contributed by atoms with E-state index < -0.39 is 0 Å². The summed E-state index contributed by atoms with van der Waals surface area (Å²) in [5, 5.41) is 5.87. The number of nitrogens with zero attached hydrogens (tertiary/aromatic N) is 3. The van der Waals surface area contributed by atoms with Crippen molar-refractivity contribution in [3.63, 3.8) is 0 Å². The summed E-state index contributed by atoms with van der Waals surface area (Å²) in [6.45, 7) is 11.0. The molecule has 2 fully saturated rings. The molecule has 0 radical (unpaired) electrons. The van der Waals surface area contributed by atoms with Crippen LogP contribution >= 0.6 is 0 Å². The molecule has 5 nitrogen and oxygen atoms in total. The van der Waals surface area contributed by atoms with Crippen molar-refractivity contribution in [2.75, 3.05) is 26.3 Å². The number of aromatic nitrogens is 3. The van der Waals surface area contributed by atoms with Gasteiger partial charge in [0.05, 0.1) is 17.8 Å². The molecular formula is C28H34N4O. The normalized spacial score (nSPS) is 20.5. The highest BCUT2D eigenvalue weighted by Gasteiger charge is 2.28. The molecule has 2 aliphatic heterocycles. The van der Waals surface area contributed by atoms with Crippen LogP contribution in [0, 0.1) is 6.92 Å². The van der Waals surface area contributed by atoms with Crippen LogP contribution in [0.1, 0.15) is 61.6 Å². The molecular weight excluding hydrogens is 408 g/mol. The van der Waals surface area contributed by atoms with E-state index in [-0.39, 0.29) is 0 Å². The molecule has 2 aliphatic rings. The summed E-state index contributed by atoms with van der Waals surface area (Å²) < 4.78 is 7.62. The lowest BCUT2D eigenvalue weighted by Gasteiger charge is -2.35. The van der Waals surface area contributed by atoms with Crippen molar-refractivity contribution >= 4 is 16.4 Å². The maximum Gasteiger partial charge on any atom is 0.0691 e. The Kier molecular flexibility index (Phi) is 5.27. The number of hydrogen-bond donors (Lipinski definition) is 1. The first kappa shape index (κ1) is 20.9. The molecule has 1 unspecified atom stereocenters. The number of hydrogen-bond acceptors (Lipinski definition) is 3. The van der Waals surface area contributed by atoms with Crippen LogP contribution in [-0.2, 0) is 4.74 Å². The fourth-order valence-electron chi connectivity index (χ4n) is 6.06. The fourth-order valence-corrected chi connectivity index (χ4v) is 6.06. The molecule has 1 atom stereocenters. The lowest BCUT2D eigenvalue weighted by Crippen LogP contribution is -2.41. The molecule has 4 aromatic rings. The quantitative estimate of drug-likeness (QED) is 0.429. The first-order chi connectivity index (χ1) is 16.1. The predicted molar refractivity (Wildman–Crippen MR) is 134 cm³/mol. The Balaban J connectivity index is 1.34. The van der Waals surface area contributed by atoms with Gasteiger partial charge >= 0.3 is 0 Å². The molecule has 5 heterocycles. The van der Waals surface area contributed by atoms with Crippen LogP contribution in [0.4, 0.5) is 0 Å². The second kappa shape index (κ2) is 8.30. The van der Waals surface area contributed by atoms with Gasteiger partial charge in [-0.2, -0.15) is 5.10 Å². The summed E-state index contributed by atoms with van der Waals surface area (Å²) in [5.41, 5.74) is 8.99. The number of aryl methyl sites for hydroxylation is 1. The van der Waals surface area contributed by atoms with E-state index >= 15 is 0 Å². The van der Waals surface area contributed by atoms with Gasteiger partial charge in [0.1, 0.15) is 0 Å². The van der Waals surface area contributed by atoms with Gasteiger partial charge in [-0.25, -0.2) is 4.52 Å². The van der Waals surface area contributed by atoms with Crippen molar-refractivity contribution in [2.24, 2.45) is 0 Å². The molecule has 33 heavy (non-hydrogen) atoms. The van der Waals surface area contributed by atoms with Gasteiger partial charge in [0, 0.05) is 41.5 Å². The minimum absolute atomic E-state index is 0.432. The number of aromatic amines is 1. The summed E-state index contributed by atoms with van der Waals surface area (Å²) in [7, 11) is 0. The number of ether oxygens (including phenoxy) is 1. The first-order valence-corrected chi connectivity index (χ1v) is 12.5. The zero-order valence-electron chi connectivity index (χ0n) is 20.0. The number of rotatable bonds is 4. The van der Waals surface area contributed by atoms with Crippen molar-refractivity contribution in [3.8, 4) is 11.3 Å². The first-order valence-electron chi connectivity index (χ1n) is 12.5. The lowest BCUT2D eigenvalue weighted by atomic mass is 9.87. The average Bonchev–Trinajstić information content (AvgIpc) is 3.58. The van der Waals surface area contributed by atoms with Gasteiger partial charge in [-0.05, 0) is 92.1 Å². The number of pyridine rings is 1. The van der Waals surface area contributed by atoms with E-state index in [0.717, 1.165) is 13.2 Å². The standard InChI is InChI=1S/C28H34N4O/c1-18(2)27-24-15-21(20-7-11-31(12-8-20)23-9-13-33-17-23)4-5-25(24)30-28(27)22-14-19(3)26-6-10-29-32(26)16-22/h4-6,10,14-16,18,20,23,30H,7-9,11-13,17H2,1-3H3. The van der Waals surface area contributed by atoms with Gasteiger partial charge in [0.2, 0.25) is 0 Å². The second-order valence-corrected chi connectivity index (χ2v) is 10.3. The third-order valence-corrected chi connectivity index (χ3v) is 7.86. The maximum absolute atomic E-state index is 5.62. The molecule has 0 amide bonds. The zero-order valence-corrected chi connectivity index (χ0v) is 20.0. The highest BCUT2D eigenvalue weighted by atomic mass is 16.5. The second-order valence-electron chi connectivity index (χ2n) is 10.3. The summed E-state index contributed by atoms with van der Waals surface area (Å²) >= 11 is 0. The van der Waals surface area contributed by atoms with Gasteiger partial charge in [0.15, 0.2) is 0 Å². The average molecular weight is 443 g/mol. The Morgan fingerprint density at radius 1 is 1.09 bits per heavy atom. The smallest absolute Gasteiger partial charge is 0.0691 e. The molecule has 0 bridgehead atoms. The lowest BCUT2D eigenvalue weighted by molar-refractivity contribution is 0.122. The topological polar surface area (TPSA) is 45.6 Å². The Bertz CT molecular complexity index is 1290. The Morgan fingerprint density at radius 3 is 2.70 bits per heavy atom. The van der Waals surface area contributed by atoms with Crippen molar-refractivity contribution < 1.29 is 4.74 Å². The third kappa shape index (κ3) is 3.68. The molecule has 0 spiro atoms. The monoisotopic (exact) mass is 442 g/mol. The molecule has 172 valence electrons. The fraction of sp³-hybridized carbons (Fsp3) is 0.464. The van der Waals surface area contributed by atoms with Gasteiger partial charge in [0.25, 0.3) is 0 Å². The zero-order chi connectivity index (χ0) is 22.5. The van der Waals surface area contributed by atoms with Gasteiger partial charge in [-0.1, -0.05) is 19.9 Å². The van der Waals surface area contributed by atoms with Crippen LogP contribution in [0.15, 0.2) is 42.7 Å². The van der Waals surface area contributed by atoms with Crippen LogP contribution in [0.2, 0.25) is 0 Å². The maximum atomic E-state index is 5.62. The molecule has 1 aromatic carbocycles. The van der Waals surface area contributed by atoms with E-state index in [1.54, 1.807) is 0 Å². The van der Waals surface area contributed by atoms with Crippen LogP contribution in [0.5, 0.6) is 0 Å².